The second kappa shape index (κ2) is 9.93. The summed E-state index contributed by atoms with van der Waals surface area (Å²) < 4.78 is 18.6. The SMILES string of the molecule is CC(=O)c1ccc(OCCCC(=O)Nc2ncc(Cc3ccc(F)cc3)s2)cc1. The van der Waals surface area contributed by atoms with Gasteiger partial charge in [-0.15, -0.1) is 11.3 Å². The van der Waals surface area contributed by atoms with Gasteiger partial charge in [-0.2, -0.15) is 0 Å². The van der Waals surface area contributed by atoms with Crippen molar-refractivity contribution >= 4 is 28.2 Å². The third-order valence-electron chi connectivity index (χ3n) is 4.17. The first-order valence-electron chi connectivity index (χ1n) is 9.22. The summed E-state index contributed by atoms with van der Waals surface area (Å²) in [5.74, 6) is 0.295. The Bertz CT molecular complexity index is 968. The summed E-state index contributed by atoms with van der Waals surface area (Å²) >= 11 is 1.40. The van der Waals surface area contributed by atoms with Crippen molar-refractivity contribution in [1.82, 2.24) is 4.98 Å². The molecule has 0 saturated heterocycles. The zero-order valence-corrected chi connectivity index (χ0v) is 16.8. The van der Waals surface area contributed by atoms with Crippen molar-refractivity contribution in [3.63, 3.8) is 0 Å². The Morgan fingerprint density at radius 3 is 2.52 bits per heavy atom. The first kappa shape index (κ1) is 20.7. The summed E-state index contributed by atoms with van der Waals surface area (Å²) in [6.45, 7) is 1.92. The number of aromatic nitrogens is 1. The average Bonchev–Trinajstić information content (AvgIpc) is 3.14. The zero-order valence-electron chi connectivity index (χ0n) is 16.0. The van der Waals surface area contributed by atoms with E-state index in [0.29, 0.717) is 42.3 Å². The van der Waals surface area contributed by atoms with Gasteiger partial charge in [0.15, 0.2) is 10.9 Å². The molecule has 3 rings (SSSR count). The van der Waals surface area contributed by atoms with Crippen LogP contribution >= 0.6 is 11.3 Å². The number of nitrogens with zero attached hydrogens (tertiary/aromatic N) is 1. The van der Waals surface area contributed by atoms with Gasteiger partial charge in [0.1, 0.15) is 11.6 Å². The van der Waals surface area contributed by atoms with Gasteiger partial charge in [-0.3, -0.25) is 9.59 Å². The van der Waals surface area contributed by atoms with E-state index < -0.39 is 0 Å². The van der Waals surface area contributed by atoms with Gasteiger partial charge in [-0.1, -0.05) is 12.1 Å². The normalized spacial score (nSPS) is 10.6. The fraction of sp³-hybridized carbons (Fsp3) is 0.227. The Morgan fingerprint density at radius 2 is 1.83 bits per heavy atom. The van der Waals surface area contributed by atoms with E-state index in [9.17, 15) is 14.0 Å². The second-order valence-corrected chi connectivity index (χ2v) is 7.63. The van der Waals surface area contributed by atoms with E-state index in [4.69, 9.17) is 4.74 Å². The van der Waals surface area contributed by atoms with Gasteiger partial charge in [0.2, 0.25) is 5.91 Å². The summed E-state index contributed by atoms with van der Waals surface area (Å²) in [4.78, 5) is 28.5. The first-order valence-corrected chi connectivity index (χ1v) is 10.0. The number of ketones is 1. The van der Waals surface area contributed by atoms with Crippen LogP contribution in [0.3, 0.4) is 0 Å². The van der Waals surface area contributed by atoms with Crippen molar-refractivity contribution in [2.24, 2.45) is 0 Å². The minimum absolute atomic E-state index is 0.0104. The predicted molar refractivity (Wildman–Crippen MR) is 111 cm³/mol. The largest absolute Gasteiger partial charge is 0.494 e. The Balaban J connectivity index is 1.39. The summed E-state index contributed by atoms with van der Waals surface area (Å²) in [5.41, 5.74) is 1.63. The van der Waals surface area contributed by atoms with Crippen LogP contribution in [0.25, 0.3) is 0 Å². The minimum atomic E-state index is -0.261. The smallest absolute Gasteiger partial charge is 0.226 e. The highest BCUT2D eigenvalue weighted by molar-refractivity contribution is 7.15. The van der Waals surface area contributed by atoms with Crippen LogP contribution < -0.4 is 10.1 Å². The van der Waals surface area contributed by atoms with Gasteiger partial charge in [0.05, 0.1) is 6.61 Å². The number of carbonyl (C=O) groups excluding carboxylic acids is 2. The molecule has 0 bridgehead atoms. The predicted octanol–water partition coefficient (Wildman–Crippen LogP) is 4.87. The quantitative estimate of drug-likeness (QED) is 0.402. The number of Topliss-reactive ketones (excluding diaryl/α,β-unsaturated/α-hetero) is 1. The molecule has 0 fully saturated rings. The van der Waals surface area contributed by atoms with E-state index >= 15 is 0 Å². The lowest BCUT2D eigenvalue weighted by Gasteiger charge is -2.06. The monoisotopic (exact) mass is 412 g/mol. The molecule has 0 atom stereocenters. The number of thiazole rings is 1. The van der Waals surface area contributed by atoms with Gasteiger partial charge in [0.25, 0.3) is 0 Å². The fourth-order valence-electron chi connectivity index (χ4n) is 2.64. The van der Waals surface area contributed by atoms with Crippen LogP contribution in [0.1, 0.15) is 40.6 Å². The van der Waals surface area contributed by atoms with Crippen molar-refractivity contribution < 1.29 is 18.7 Å². The summed E-state index contributed by atoms with van der Waals surface area (Å²) in [7, 11) is 0. The van der Waals surface area contributed by atoms with Crippen molar-refractivity contribution in [2.45, 2.75) is 26.2 Å². The van der Waals surface area contributed by atoms with Gasteiger partial charge in [0, 0.05) is 29.5 Å². The molecule has 1 heterocycles. The van der Waals surface area contributed by atoms with Crippen LogP contribution in [-0.4, -0.2) is 23.3 Å². The van der Waals surface area contributed by atoms with Crippen molar-refractivity contribution in [3.8, 4) is 5.75 Å². The molecule has 0 saturated carbocycles. The molecule has 7 heteroatoms. The number of hydrogen-bond acceptors (Lipinski definition) is 5. The topological polar surface area (TPSA) is 68.3 Å². The Hall–Kier alpha value is -3.06. The third kappa shape index (κ3) is 6.50. The Labute approximate surface area is 172 Å². The van der Waals surface area contributed by atoms with Crippen molar-refractivity contribution in [2.75, 3.05) is 11.9 Å². The lowest BCUT2D eigenvalue weighted by molar-refractivity contribution is -0.116. The van der Waals surface area contributed by atoms with Gasteiger partial charge in [-0.25, -0.2) is 9.37 Å². The van der Waals surface area contributed by atoms with E-state index in [1.807, 2.05) is 0 Å². The molecular formula is C22H21FN2O3S. The molecule has 1 aromatic heterocycles. The molecule has 0 spiro atoms. The van der Waals surface area contributed by atoms with E-state index in [1.54, 1.807) is 42.6 Å². The standard InChI is InChI=1S/C22H21FN2O3S/c1-15(26)17-6-10-19(11-7-17)28-12-2-3-21(27)25-22-24-14-20(29-22)13-16-4-8-18(23)9-5-16/h4-11,14H,2-3,12-13H2,1H3,(H,24,25,27). The average molecular weight is 412 g/mol. The molecule has 0 aliphatic heterocycles. The molecule has 2 aromatic carbocycles. The van der Waals surface area contributed by atoms with Gasteiger partial charge >= 0.3 is 0 Å². The zero-order chi connectivity index (χ0) is 20.6. The Kier molecular flexibility index (Phi) is 7.08. The summed E-state index contributed by atoms with van der Waals surface area (Å²) in [6, 6.07) is 13.3. The molecule has 1 N–H and O–H groups in total. The summed E-state index contributed by atoms with van der Waals surface area (Å²) in [6.07, 6.45) is 3.24. The molecule has 1 amide bonds. The van der Waals surface area contributed by atoms with Gasteiger partial charge < -0.3 is 10.1 Å². The number of halogens is 1. The second-order valence-electron chi connectivity index (χ2n) is 6.52. The van der Waals surface area contributed by atoms with Crippen LogP contribution in [0.4, 0.5) is 9.52 Å². The number of nitrogens with one attached hydrogen (secondary N) is 1. The number of rotatable bonds is 9. The lowest BCUT2D eigenvalue weighted by atomic mass is 10.1. The maximum Gasteiger partial charge on any atom is 0.226 e. The number of hydrogen-bond donors (Lipinski definition) is 1. The maximum atomic E-state index is 13.0. The number of carbonyl (C=O) groups is 2. The summed E-state index contributed by atoms with van der Waals surface area (Å²) in [5, 5.41) is 3.34. The number of anilines is 1. The first-order chi connectivity index (χ1) is 14.0. The van der Waals surface area contributed by atoms with E-state index in [1.165, 1.54) is 30.4 Å². The van der Waals surface area contributed by atoms with Crippen molar-refractivity contribution in [1.29, 1.82) is 0 Å². The highest BCUT2D eigenvalue weighted by atomic mass is 32.1. The molecule has 0 unspecified atom stereocenters. The van der Waals surface area contributed by atoms with Crippen molar-refractivity contribution in [3.05, 3.63) is 76.5 Å². The fourth-order valence-corrected chi connectivity index (χ4v) is 3.50. The van der Waals surface area contributed by atoms with E-state index in [-0.39, 0.29) is 17.5 Å². The highest BCUT2D eigenvalue weighted by Crippen LogP contribution is 2.21. The Morgan fingerprint density at radius 1 is 1.10 bits per heavy atom. The molecule has 0 aliphatic rings. The molecule has 3 aromatic rings. The van der Waals surface area contributed by atoms with Crippen LogP contribution in [-0.2, 0) is 11.2 Å². The molecular weight excluding hydrogens is 391 g/mol. The number of ether oxygens (including phenoxy) is 1. The lowest BCUT2D eigenvalue weighted by Crippen LogP contribution is -2.12. The van der Waals surface area contributed by atoms with Crippen LogP contribution in [0.15, 0.2) is 54.7 Å². The van der Waals surface area contributed by atoms with Crippen LogP contribution in [0, 0.1) is 5.82 Å². The molecule has 5 nitrogen and oxygen atoms in total. The van der Waals surface area contributed by atoms with Crippen LogP contribution in [0.2, 0.25) is 0 Å². The molecule has 0 radical (unpaired) electrons. The molecule has 0 aliphatic carbocycles. The number of benzene rings is 2. The third-order valence-corrected chi connectivity index (χ3v) is 5.08. The molecule has 29 heavy (non-hydrogen) atoms. The van der Waals surface area contributed by atoms with E-state index in [2.05, 4.69) is 10.3 Å². The minimum Gasteiger partial charge on any atom is -0.494 e. The highest BCUT2D eigenvalue weighted by Gasteiger charge is 2.08. The maximum absolute atomic E-state index is 13.0. The van der Waals surface area contributed by atoms with Gasteiger partial charge in [-0.05, 0) is 55.3 Å². The number of amides is 1. The van der Waals surface area contributed by atoms with E-state index in [0.717, 1.165) is 10.4 Å². The molecule has 150 valence electrons. The van der Waals surface area contributed by atoms with Crippen LogP contribution in [0.5, 0.6) is 5.75 Å².